The highest BCUT2D eigenvalue weighted by Gasteiger charge is 2.32. The Hall–Kier alpha value is -2.94. The summed E-state index contributed by atoms with van der Waals surface area (Å²) in [6, 6.07) is 18.0. The van der Waals surface area contributed by atoms with Crippen LogP contribution >= 0.6 is 24.0 Å². The minimum absolute atomic E-state index is 0.0728. The predicted octanol–water partition coefficient (Wildman–Crippen LogP) is 6.74. The summed E-state index contributed by atoms with van der Waals surface area (Å²) in [5.74, 6) is 0.776. The van der Waals surface area contributed by atoms with Crippen LogP contribution in [0.1, 0.15) is 44.6 Å². The van der Waals surface area contributed by atoms with Crippen LogP contribution in [-0.2, 0) is 9.53 Å². The van der Waals surface area contributed by atoms with Gasteiger partial charge in [-0.25, -0.2) is 4.68 Å². The summed E-state index contributed by atoms with van der Waals surface area (Å²) >= 11 is 6.82. The summed E-state index contributed by atoms with van der Waals surface area (Å²) in [7, 11) is 1.66. The van der Waals surface area contributed by atoms with Crippen molar-refractivity contribution in [2.75, 3.05) is 26.9 Å². The van der Waals surface area contributed by atoms with E-state index in [-0.39, 0.29) is 5.91 Å². The molecule has 0 saturated carbocycles. The Kier molecular flexibility index (Phi) is 9.93. The number of rotatable bonds is 13. The number of carbonyl (C=O) groups is 1. The van der Waals surface area contributed by atoms with Gasteiger partial charge in [0.2, 0.25) is 0 Å². The molecule has 6 nitrogen and oxygen atoms in total. The van der Waals surface area contributed by atoms with Gasteiger partial charge in [0.05, 0.1) is 22.9 Å². The number of unbranched alkanes of at least 4 members (excludes halogenated alkanes) is 3. The highest BCUT2D eigenvalue weighted by atomic mass is 32.2. The average Bonchev–Trinajstić information content (AvgIpc) is 3.46. The molecule has 0 spiro atoms. The van der Waals surface area contributed by atoms with Gasteiger partial charge in [-0.1, -0.05) is 68.4 Å². The van der Waals surface area contributed by atoms with Gasteiger partial charge in [-0.15, -0.1) is 0 Å². The third-order valence-electron chi connectivity index (χ3n) is 6.05. The molecule has 1 fully saturated rings. The van der Waals surface area contributed by atoms with Crippen molar-refractivity contribution in [3.8, 4) is 22.7 Å². The molecule has 3 aromatic rings. The average molecular weight is 536 g/mol. The van der Waals surface area contributed by atoms with Crippen LogP contribution in [0.4, 0.5) is 0 Å². The number of carbonyl (C=O) groups excluding carboxylic acids is 1. The van der Waals surface area contributed by atoms with Gasteiger partial charge in [0, 0.05) is 37.6 Å². The van der Waals surface area contributed by atoms with Crippen LogP contribution in [0.2, 0.25) is 0 Å². The highest BCUT2D eigenvalue weighted by Crippen LogP contribution is 2.35. The number of thioether (sulfide) groups is 1. The Morgan fingerprint density at radius 2 is 1.78 bits per heavy atom. The molecule has 0 unspecified atom stereocenters. The van der Waals surface area contributed by atoms with E-state index in [0.717, 1.165) is 47.7 Å². The predicted molar refractivity (Wildman–Crippen MR) is 155 cm³/mol. The van der Waals surface area contributed by atoms with Crippen molar-refractivity contribution >= 4 is 40.3 Å². The molecule has 2 aromatic carbocycles. The van der Waals surface area contributed by atoms with Crippen LogP contribution < -0.4 is 4.74 Å². The molecule has 2 heterocycles. The summed E-state index contributed by atoms with van der Waals surface area (Å²) < 4.78 is 13.5. The first-order chi connectivity index (χ1) is 18.1. The summed E-state index contributed by atoms with van der Waals surface area (Å²) in [6.07, 6.45) is 9.29. The molecule has 1 aromatic heterocycles. The van der Waals surface area contributed by atoms with Crippen molar-refractivity contribution < 1.29 is 14.3 Å². The summed E-state index contributed by atoms with van der Waals surface area (Å²) in [4.78, 5) is 15.4. The summed E-state index contributed by atoms with van der Waals surface area (Å²) in [5.41, 5.74) is 3.55. The lowest BCUT2D eigenvalue weighted by molar-refractivity contribution is -0.122. The molecular weight excluding hydrogens is 502 g/mol. The Balaban J connectivity index is 1.59. The van der Waals surface area contributed by atoms with Gasteiger partial charge in [-0.3, -0.25) is 9.69 Å². The molecule has 1 aliphatic heterocycles. The molecule has 0 aliphatic carbocycles. The largest absolute Gasteiger partial charge is 0.494 e. The number of amides is 1. The number of thiocarbonyl (C=S) groups is 1. The number of nitrogens with zero attached hydrogens (tertiary/aromatic N) is 3. The molecule has 37 heavy (non-hydrogen) atoms. The fraction of sp³-hybridized carbons (Fsp3) is 0.345. The van der Waals surface area contributed by atoms with E-state index < -0.39 is 0 Å². The Morgan fingerprint density at radius 3 is 2.51 bits per heavy atom. The number of hydrogen-bond acceptors (Lipinski definition) is 6. The number of hydrogen-bond donors (Lipinski definition) is 0. The first kappa shape index (κ1) is 27.1. The number of para-hydroxylation sites is 1. The topological polar surface area (TPSA) is 56.6 Å². The van der Waals surface area contributed by atoms with Crippen molar-refractivity contribution in [2.24, 2.45) is 0 Å². The van der Waals surface area contributed by atoms with E-state index in [1.807, 2.05) is 71.6 Å². The number of ether oxygens (including phenoxy) is 2. The fourth-order valence-electron chi connectivity index (χ4n) is 4.06. The van der Waals surface area contributed by atoms with Crippen LogP contribution in [0.5, 0.6) is 5.75 Å². The lowest BCUT2D eigenvalue weighted by Gasteiger charge is -2.13. The Labute approximate surface area is 228 Å². The van der Waals surface area contributed by atoms with Gasteiger partial charge >= 0.3 is 0 Å². The lowest BCUT2D eigenvalue weighted by atomic mass is 10.1. The minimum Gasteiger partial charge on any atom is -0.494 e. The standard InChI is InChI=1S/C29H33N3O3S2/c1-3-4-5-9-19-35-25-15-13-22(14-16-25)27-23(21-32(30-27)24-11-7-6-8-12-24)20-26-28(33)31(29(36)37-26)17-10-18-34-2/h6-8,11-16,20-21H,3-5,9-10,17-19H2,1-2H3. The molecule has 0 N–H and O–H groups in total. The molecule has 0 radical (unpaired) electrons. The first-order valence-electron chi connectivity index (χ1n) is 12.7. The molecule has 1 saturated heterocycles. The van der Waals surface area contributed by atoms with Crippen LogP contribution in [0.15, 0.2) is 65.7 Å². The smallest absolute Gasteiger partial charge is 0.266 e. The van der Waals surface area contributed by atoms with E-state index in [0.29, 0.717) is 22.4 Å². The normalized spacial score (nSPS) is 14.6. The van der Waals surface area contributed by atoms with Crippen molar-refractivity contribution in [1.82, 2.24) is 14.7 Å². The van der Waals surface area contributed by atoms with Crippen LogP contribution in [-0.4, -0.2) is 51.8 Å². The highest BCUT2D eigenvalue weighted by molar-refractivity contribution is 8.26. The molecule has 4 rings (SSSR count). The van der Waals surface area contributed by atoms with Crippen LogP contribution in [0, 0.1) is 0 Å². The van der Waals surface area contributed by atoms with E-state index in [9.17, 15) is 4.79 Å². The zero-order chi connectivity index (χ0) is 26.0. The molecule has 1 aliphatic rings. The van der Waals surface area contributed by atoms with Gasteiger partial charge in [0.15, 0.2) is 0 Å². The second kappa shape index (κ2) is 13.6. The van der Waals surface area contributed by atoms with Gasteiger partial charge in [0.25, 0.3) is 5.91 Å². The van der Waals surface area contributed by atoms with E-state index >= 15 is 0 Å². The second-order valence-electron chi connectivity index (χ2n) is 8.83. The third-order valence-corrected chi connectivity index (χ3v) is 7.43. The molecule has 1 amide bonds. The number of aromatic nitrogens is 2. The fourth-order valence-corrected chi connectivity index (χ4v) is 5.36. The zero-order valence-corrected chi connectivity index (χ0v) is 23.0. The van der Waals surface area contributed by atoms with Crippen LogP contribution in [0.25, 0.3) is 23.0 Å². The van der Waals surface area contributed by atoms with Crippen molar-refractivity contribution in [1.29, 1.82) is 0 Å². The van der Waals surface area contributed by atoms with E-state index in [1.54, 1.807) is 12.0 Å². The minimum atomic E-state index is -0.0728. The number of methoxy groups -OCH3 is 1. The van der Waals surface area contributed by atoms with E-state index in [4.69, 9.17) is 26.8 Å². The van der Waals surface area contributed by atoms with Gasteiger partial charge in [-0.2, -0.15) is 5.10 Å². The Morgan fingerprint density at radius 1 is 1.00 bits per heavy atom. The van der Waals surface area contributed by atoms with E-state index in [2.05, 4.69) is 6.92 Å². The maximum absolute atomic E-state index is 13.1. The molecular formula is C29H33N3O3S2. The SMILES string of the molecule is CCCCCCOc1ccc(-c2nn(-c3ccccc3)cc2C=C2SC(=S)N(CCCOC)C2=O)cc1. The lowest BCUT2D eigenvalue weighted by Crippen LogP contribution is -2.29. The first-order valence-corrected chi connectivity index (χ1v) is 14.0. The van der Waals surface area contributed by atoms with Crippen molar-refractivity contribution in [2.45, 2.75) is 39.0 Å². The number of benzene rings is 2. The maximum atomic E-state index is 13.1. The zero-order valence-electron chi connectivity index (χ0n) is 21.4. The van der Waals surface area contributed by atoms with Gasteiger partial charge < -0.3 is 9.47 Å². The summed E-state index contributed by atoms with van der Waals surface area (Å²) in [6.45, 7) is 4.06. The van der Waals surface area contributed by atoms with Gasteiger partial charge in [-0.05, 0) is 55.3 Å². The summed E-state index contributed by atoms with van der Waals surface area (Å²) in [5, 5.41) is 4.89. The molecule has 194 valence electrons. The molecule has 0 atom stereocenters. The van der Waals surface area contributed by atoms with Crippen molar-refractivity contribution in [3.05, 3.63) is 71.3 Å². The third kappa shape index (κ3) is 7.09. The Bertz CT molecular complexity index is 1220. The molecule has 8 heteroatoms. The second-order valence-corrected chi connectivity index (χ2v) is 10.5. The quantitative estimate of drug-likeness (QED) is 0.137. The van der Waals surface area contributed by atoms with Crippen LogP contribution in [0.3, 0.4) is 0 Å². The van der Waals surface area contributed by atoms with Gasteiger partial charge in [0.1, 0.15) is 10.1 Å². The van der Waals surface area contributed by atoms with Crippen molar-refractivity contribution in [3.63, 3.8) is 0 Å². The monoisotopic (exact) mass is 535 g/mol. The van der Waals surface area contributed by atoms with E-state index in [1.165, 1.54) is 31.0 Å². The maximum Gasteiger partial charge on any atom is 0.266 e. The molecule has 0 bridgehead atoms.